The second-order valence-electron chi connectivity index (χ2n) is 9.47. The van der Waals surface area contributed by atoms with E-state index < -0.39 is 18.1 Å². The van der Waals surface area contributed by atoms with Gasteiger partial charge in [-0.05, 0) is 56.7 Å². The molecule has 0 saturated carbocycles. The molecule has 188 valence electrons. The largest absolute Gasteiger partial charge is 0.354 e. The first-order valence-electron chi connectivity index (χ1n) is 12.5. The molecule has 3 amide bonds. The van der Waals surface area contributed by atoms with Gasteiger partial charge in [0.2, 0.25) is 17.7 Å². The highest BCUT2D eigenvalue weighted by atomic mass is 16.2. The first-order chi connectivity index (χ1) is 16.9. The van der Waals surface area contributed by atoms with E-state index in [1.165, 1.54) is 0 Å². The van der Waals surface area contributed by atoms with E-state index in [0.29, 0.717) is 32.4 Å². The Morgan fingerprint density at radius 3 is 2.17 bits per heavy atom. The van der Waals surface area contributed by atoms with Gasteiger partial charge < -0.3 is 20.9 Å². The Labute approximate surface area is 208 Å². The molecule has 3 N–H and O–H groups in total. The molecule has 2 aromatic carbocycles. The van der Waals surface area contributed by atoms with Crippen molar-refractivity contribution in [1.29, 1.82) is 0 Å². The molecule has 0 unspecified atom stereocenters. The summed E-state index contributed by atoms with van der Waals surface area (Å²) < 4.78 is 0. The zero-order valence-corrected chi connectivity index (χ0v) is 21.0. The van der Waals surface area contributed by atoms with E-state index in [4.69, 9.17) is 0 Å². The minimum atomic E-state index is -0.691. The maximum atomic E-state index is 13.7. The van der Waals surface area contributed by atoms with Crippen LogP contribution >= 0.6 is 0 Å². The quantitative estimate of drug-likeness (QED) is 0.462. The molecule has 2 aromatic rings. The van der Waals surface area contributed by atoms with Crippen LogP contribution < -0.4 is 16.0 Å². The van der Waals surface area contributed by atoms with Crippen LogP contribution in [0.1, 0.15) is 37.8 Å². The highest BCUT2D eigenvalue weighted by Gasteiger charge is 2.40. The lowest BCUT2D eigenvalue weighted by Gasteiger charge is -2.29. The molecule has 7 heteroatoms. The average molecular weight is 479 g/mol. The Morgan fingerprint density at radius 2 is 1.57 bits per heavy atom. The summed E-state index contributed by atoms with van der Waals surface area (Å²) in [7, 11) is 1.71. The number of likely N-dealkylation sites (N-methyl/N-ethyl adjacent to an activating group) is 1. The Bertz CT molecular complexity index is 967. The number of nitrogens with one attached hydrogen (secondary N) is 3. The van der Waals surface area contributed by atoms with E-state index in [2.05, 4.69) is 22.9 Å². The predicted octanol–water partition coefficient (Wildman–Crippen LogP) is 2.31. The van der Waals surface area contributed by atoms with Crippen LogP contribution in [-0.4, -0.2) is 60.9 Å². The summed E-state index contributed by atoms with van der Waals surface area (Å²) in [5, 5.41) is 8.86. The van der Waals surface area contributed by atoms with E-state index in [0.717, 1.165) is 17.5 Å². The van der Waals surface area contributed by atoms with Crippen LogP contribution in [0.5, 0.6) is 0 Å². The third-order valence-electron chi connectivity index (χ3n) is 6.66. The zero-order valence-electron chi connectivity index (χ0n) is 21.0. The fourth-order valence-corrected chi connectivity index (χ4v) is 4.47. The molecular weight excluding hydrogens is 440 g/mol. The van der Waals surface area contributed by atoms with Gasteiger partial charge in [0.15, 0.2) is 0 Å². The van der Waals surface area contributed by atoms with Crippen LogP contribution in [0.2, 0.25) is 0 Å². The van der Waals surface area contributed by atoms with Crippen LogP contribution in [0.4, 0.5) is 0 Å². The van der Waals surface area contributed by atoms with Crippen molar-refractivity contribution in [2.75, 3.05) is 20.1 Å². The topological polar surface area (TPSA) is 90.5 Å². The number of rotatable bonds is 11. The van der Waals surface area contributed by atoms with Crippen molar-refractivity contribution in [3.8, 4) is 0 Å². The highest BCUT2D eigenvalue weighted by Crippen LogP contribution is 2.24. The van der Waals surface area contributed by atoms with Crippen LogP contribution in [0.25, 0.3) is 0 Å². The molecule has 3 rings (SSSR count). The number of likely N-dealkylation sites (tertiary alicyclic amines) is 1. The van der Waals surface area contributed by atoms with E-state index in [-0.39, 0.29) is 23.6 Å². The molecule has 0 aromatic heterocycles. The van der Waals surface area contributed by atoms with Gasteiger partial charge in [-0.2, -0.15) is 0 Å². The van der Waals surface area contributed by atoms with Gasteiger partial charge in [0.05, 0.1) is 6.04 Å². The lowest BCUT2D eigenvalue weighted by Crippen LogP contribution is -2.55. The molecule has 0 bridgehead atoms. The van der Waals surface area contributed by atoms with Gasteiger partial charge in [0.25, 0.3) is 0 Å². The van der Waals surface area contributed by atoms with Gasteiger partial charge in [-0.25, -0.2) is 0 Å². The monoisotopic (exact) mass is 478 g/mol. The Morgan fingerprint density at radius 1 is 0.971 bits per heavy atom. The third kappa shape index (κ3) is 7.65. The lowest BCUT2D eigenvalue weighted by molar-refractivity contribution is -0.141. The standard InChI is InChI=1S/C28H38N4O3/c1-20-18-25(27(34)30-17-16-23-12-8-5-9-13-23)32(19-20)28(35)24(31-26(33)21(2)29-3)15-14-22-10-6-4-7-11-22/h4-13,20-21,24-25,29H,14-19H2,1-3H3,(H,30,34)(H,31,33)/t20-,21-,24-,25-/m0/s1. The number of aryl methyl sites for hydroxylation is 1. The minimum Gasteiger partial charge on any atom is -0.354 e. The van der Waals surface area contributed by atoms with Crippen molar-refractivity contribution >= 4 is 17.7 Å². The number of hydrogen-bond acceptors (Lipinski definition) is 4. The summed E-state index contributed by atoms with van der Waals surface area (Å²) >= 11 is 0. The molecule has 1 heterocycles. The first kappa shape index (κ1) is 26.4. The lowest BCUT2D eigenvalue weighted by atomic mass is 10.0. The third-order valence-corrected chi connectivity index (χ3v) is 6.66. The SMILES string of the molecule is CN[C@@H](C)C(=O)N[C@@H](CCc1ccccc1)C(=O)N1C[C@@H](C)C[C@H]1C(=O)NCCc1ccccc1. The van der Waals surface area contributed by atoms with Gasteiger partial charge in [-0.1, -0.05) is 67.6 Å². The van der Waals surface area contributed by atoms with Crippen molar-refractivity contribution in [2.24, 2.45) is 5.92 Å². The molecule has 1 aliphatic heterocycles. The number of carbonyl (C=O) groups excluding carboxylic acids is 3. The molecule has 0 spiro atoms. The molecule has 1 fully saturated rings. The molecule has 35 heavy (non-hydrogen) atoms. The second kappa shape index (κ2) is 13.0. The fourth-order valence-electron chi connectivity index (χ4n) is 4.47. The number of nitrogens with zero attached hydrogens (tertiary/aromatic N) is 1. The fraction of sp³-hybridized carbons (Fsp3) is 0.464. The van der Waals surface area contributed by atoms with Crippen molar-refractivity contribution in [3.63, 3.8) is 0 Å². The zero-order chi connectivity index (χ0) is 25.2. The summed E-state index contributed by atoms with van der Waals surface area (Å²) in [6, 6.07) is 18.3. The van der Waals surface area contributed by atoms with Crippen LogP contribution in [-0.2, 0) is 27.2 Å². The molecule has 4 atom stereocenters. The van der Waals surface area contributed by atoms with Gasteiger partial charge in [0, 0.05) is 13.1 Å². The van der Waals surface area contributed by atoms with Gasteiger partial charge in [-0.3, -0.25) is 14.4 Å². The highest BCUT2D eigenvalue weighted by molar-refractivity contribution is 5.93. The minimum absolute atomic E-state index is 0.129. The van der Waals surface area contributed by atoms with E-state index in [1.807, 2.05) is 60.7 Å². The van der Waals surface area contributed by atoms with E-state index in [1.54, 1.807) is 18.9 Å². The van der Waals surface area contributed by atoms with Crippen molar-refractivity contribution in [3.05, 3.63) is 71.8 Å². The van der Waals surface area contributed by atoms with Gasteiger partial charge in [-0.15, -0.1) is 0 Å². The Hall–Kier alpha value is -3.19. The summed E-state index contributed by atoms with van der Waals surface area (Å²) in [6.45, 7) is 4.84. The maximum Gasteiger partial charge on any atom is 0.245 e. The van der Waals surface area contributed by atoms with Crippen molar-refractivity contribution < 1.29 is 14.4 Å². The first-order valence-corrected chi connectivity index (χ1v) is 12.5. The normalized spacial score (nSPS) is 19.1. The number of hydrogen-bond donors (Lipinski definition) is 3. The number of benzene rings is 2. The van der Waals surface area contributed by atoms with Crippen LogP contribution in [0.3, 0.4) is 0 Å². The maximum absolute atomic E-state index is 13.7. The molecule has 0 radical (unpaired) electrons. The van der Waals surface area contributed by atoms with E-state index >= 15 is 0 Å². The smallest absolute Gasteiger partial charge is 0.245 e. The van der Waals surface area contributed by atoms with Crippen LogP contribution in [0, 0.1) is 5.92 Å². The van der Waals surface area contributed by atoms with Crippen molar-refractivity contribution in [1.82, 2.24) is 20.9 Å². The van der Waals surface area contributed by atoms with Crippen LogP contribution in [0.15, 0.2) is 60.7 Å². The Balaban J connectivity index is 1.67. The predicted molar refractivity (Wildman–Crippen MR) is 138 cm³/mol. The molecule has 0 aliphatic carbocycles. The number of carbonyl (C=O) groups is 3. The molecule has 7 nitrogen and oxygen atoms in total. The second-order valence-corrected chi connectivity index (χ2v) is 9.47. The van der Waals surface area contributed by atoms with E-state index in [9.17, 15) is 14.4 Å². The number of amides is 3. The summed E-state index contributed by atoms with van der Waals surface area (Å²) in [6.07, 6.45) is 2.48. The molecule has 1 saturated heterocycles. The molecule has 1 aliphatic rings. The summed E-state index contributed by atoms with van der Waals surface area (Å²) in [4.78, 5) is 41.1. The average Bonchev–Trinajstić information content (AvgIpc) is 3.28. The summed E-state index contributed by atoms with van der Waals surface area (Å²) in [5.41, 5.74) is 2.26. The Kier molecular flexibility index (Phi) is 9.85. The summed E-state index contributed by atoms with van der Waals surface area (Å²) in [5.74, 6) is -0.332. The van der Waals surface area contributed by atoms with Gasteiger partial charge >= 0.3 is 0 Å². The molecular formula is C28H38N4O3. The van der Waals surface area contributed by atoms with Gasteiger partial charge in [0.1, 0.15) is 12.1 Å². The van der Waals surface area contributed by atoms with Crippen molar-refractivity contribution in [2.45, 2.75) is 57.7 Å².